The van der Waals surface area contributed by atoms with E-state index < -0.39 is 5.72 Å². The van der Waals surface area contributed by atoms with Crippen LogP contribution in [0.1, 0.15) is 22.8 Å². The Morgan fingerprint density at radius 1 is 1.14 bits per heavy atom. The lowest BCUT2D eigenvalue weighted by atomic mass is 10.0. The zero-order chi connectivity index (χ0) is 15.3. The van der Waals surface area contributed by atoms with Gasteiger partial charge in [0.1, 0.15) is 11.5 Å². The third kappa shape index (κ3) is 4.07. The molecule has 2 aromatic rings. The Balaban J connectivity index is 2.10. The Hall–Kier alpha value is -2.33. The normalized spacial score (nSPS) is 13.4. The van der Waals surface area contributed by atoms with Crippen LogP contribution in [-0.4, -0.2) is 23.8 Å². The minimum absolute atomic E-state index is 0.182. The third-order valence-electron chi connectivity index (χ3n) is 3.34. The van der Waals surface area contributed by atoms with Gasteiger partial charge in [-0.25, -0.2) is 0 Å². The number of carbonyl (C=O) groups is 1. The molecule has 1 atom stereocenters. The summed E-state index contributed by atoms with van der Waals surface area (Å²) in [5.41, 5.74) is 0.737. The number of rotatable bonds is 5. The van der Waals surface area contributed by atoms with Gasteiger partial charge in [0.15, 0.2) is 0 Å². The number of carbonyl (C=O) groups excluding carboxylic acids is 1. The predicted octanol–water partition coefficient (Wildman–Crippen LogP) is 2.73. The molecule has 4 nitrogen and oxygen atoms in total. The fourth-order valence-corrected chi connectivity index (χ4v) is 2.07. The van der Waals surface area contributed by atoms with Crippen LogP contribution in [0.5, 0.6) is 5.75 Å². The van der Waals surface area contributed by atoms with E-state index in [-0.39, 0.29) is 11.7 Å². The average Bonchev–Trinajstić information content (AvgIpc) is 2.50. The smallest absolute Gasteiger partial charge is 0.253 e. The van der Waals surface area contributed by atoms with E-state index in [4.69, 9.17) is 4.74 Å². The van der Waals surface area contributed by atoms with Crippen molar-refractivity contribution in [2.75, 3.05) is 7.11 Å². The molecule has 21 heavy (non-hydrogen) atoms. The molecule has 1 amide bonds. The van der Waals surface area contributed by atoms with Crippen molar-refractivity contribution in [2.45, 2.75) is 19.1 Å². The molecule has 0 fully saturated rings. The zero-order valence-electron chi connectivity index (χ0n) is 12.2. The first-order valence-corrected chi connectivity index (χ1v) is 6.73. The number of phenolic OH excluding ortho intramolecular Hbond substituents is 1. The first kappa shape index (κ1) is 15.1. The number of phenols is 1. The van der Waals surface area contributed by atoms with E-state index in [1.165, 1.54) is 0 Å². The summed E-state index contributed by atoms with van der Waals surface area (Å²) in [4.78, 5) is 12.2. The number of hydrogen-bond acceptors (Lipinski definition) is 3. The molecule has 0 aliphatic rings. The SMILES string of the molecule is COC(C)(Cc1ccc(O)cc1)NC(=O)c1ccccc1. The number of aromatic hydroxyl groups is 1. The van der Waals surface area contributed by atoms with Crippen molar-refractivity contribution >= 4 is 5.91 Å². The highest BCUT2D eigenvalue weighted by molar-refractivity contribution is 5.94. The molecule has 0 saturated heterocycles. The topological polar surface area (TPSA) is 58.6 Å². The van der Waals surface area contributed by atoms with Crippen molar-refractivity contribution in [1.29, 1.82) is 0 Å². The highest BCUT2D eigenvalue weighted by Gasteiger charge is 2.26. The van der Waals surface area contributed by atoms with Gasteiger partial charge in [-0.05, 0) is 36.8 Å². The van der Waals surface area contributed by atoms with Crippen LogP contribution in [0.2, 0.25) is 0 Å². The monoisotopic (exact) mass is 285 g/mol. The second-order valence-corrected chi connectivity index (χ2v) is 5.10. The molecule has 0 heterocycles. The predicted molar refractivity (Wildman–Crippen MR) is 81.1 cm³/mol. The summed E-state index contributed by atoms with van der Waals surface area (Å²) in [5.74, 6) is 0.0323. The Labute approximate surface area is 124 Å². The molecule has 0 spiro atoms. The van der Waals surface area contributed by atoms with E-state index in [0.717, 1.165) is 5.56 Å². The van der Waals surface area contributed by atoms with Crippen LogP contribution in [0.4, 0.5) is 0 Å². The molecule has 0 aromatic heterocycles. The Bertz CT molecular complexity index is 595. The van der Waals surface area contributed by atoms with Crippen molar-refractivity contribution < 1.29 is 14.6 Å². The number of ether oxygens (including phenoxy) is 1. The van der Waals surface area contributed by atoms with Crippen molar-refractivity contribution in [3.05, 3.63) is 65.7 Å². The fourth-order valence-electron chi connectivity index (χ4n) is 2.07. The van der Waals surface area contributed by atoms with Crippen LogP contribution in [0.15, 0.2) is 54.6 Å². The van der Waals surface area contributed by atoms with Gasteiger partial charge in [0, 0.05) is 19.1 Å². The van der Waals surface area contributed by atoms with Gasteiger partial charge in [-0.15, -0.1) is 0 Å². The first-order valence-electron chi connectivity index (χ1n) is 6.73. The van der Waals surface area contributed by atoms with Crippen LogP contribution >= 0.6 is 0 Å². The van der Waals surface area contributed by atoms with Crippen LogP contribution in [-0.2, 0) is 11.2 Å². The van der Waals surface area contributed by atoms with Gasteiger partial charge in [-0.3, -0.25) is 4.79 Å². The quantitative estimate of drug-likeness (QED) is 0.830. The van der Waals surface area contributed by atoms with Crippen molar-refractivity contribution in [2.24, 2.45) is 0 Å². The summed E-state index contributed by atoms with van der Waals surface area (Å²) < 4.78 is 5.47. The standard InChI is InChI=1S/C17H19NO3/c1-17(21-2,12-13-8-10-15(19)11-9-13)18-16(20)14-6-4-3-5-7-14/h3-11,19H,12H2,1-2H3,(H,18,20). The zero-order valence-corrected chi connectivity index (χ0v) is 12.2. The second-order valence-electron chi connectivity index (χ2n) is 5.10. The summed E-state index contributed by atoms with van der Waals surface area (Å²) in [6.45, 7) is 1.82. The molecule has 2 aromatic carbocycles. The van der Waals surface area contributed by atoms with Gasteiger partial charge >= 0.3 is 0 Å². The Kier molecular flexibility index (Phi) is 4.60. The van der Waals surface area contributed by atoms with Crippen molar-refractivity contribution in [1.82, 2.24) is 5.32 Å². The molecule has 110 valence electrons. The largest absolute Gasteiger partial charge is 0.508 e. The molecular weight excluding hydrogens is 266 g/mol. The maximum Gasteiger partial charge on any atom is 0.253 e. The van der Waals surface area contributed by atoms with Gasteiger partial charge in [0.2, 0.25) is 0 Å². The fraction of sp³-hybridized carbons (Fsp3) is 0.235. The molecule has 0 radical (unpaired) electrons. The van der Waals surface area contributed by atoms with Gasteiger partial charge in [0.05, 0.1) is 0 Å². The summed E-state index contributed by atoms with van der Waals surface area (Å²) in [5, 5.41) is 12.2. The van der Waals surface area contributed by atoms with E-state index in [0.29, 0.717) is 12.0 Å². The second kappa shape index (κ2) is 6.41. The summed E-state index contributed by atoms with van der Waals surface area (Å²) >= 11 is 0. The van der Waals surface area contributed by atoms with Crippen LogP contribution in [0.3, 0.4) is 0 Å². The van der Waals surface area contributed by atoms with Gasteiger partial charge < -0.3 is 15.2 Å². The Morgan fingerprint density at radius 2 is 1.76 bits per heavy atom. The Morgan fingerprint density at radius 3 is 2.33 bits per heavy atom. The lowest BCUT2D eigenvalue weighted by Gasteiger charge is -2.29. The first-order chi connectivity index (χ1) is 10.0. The number of hydrogen-bond donors (Lipinski definition) is 2. The number of nitrogens with one attached hydrogen (secondary N) is 1. The summed E-state index contributed by atoms with van der Waals surface area (Å²) in [6, 6.07) is 15.9. The average molecular weight is 285 g/mol. The van der Waals surface area contributed by atoms with E-state index in [9.17, 15) is 9.90 Å². The minimum atomic E-state index is -0.816. The molecule has 0 aliphatic carbocycles. The van der Waals surface area contributed by atoms with Gasteiger partial charge in [0.25, 0.3) is 5.91 Å². The molecule has 4 heteroatoms. The molecule has 2 rings (SSSR count). The van der Waals surface area contributed by atoms with Crippen LogP contribution < -0.4 is 5.32 Å². The maximum atomic E-state index is 12.2. The number of benzene rings is 2. The van der Waals surface area contributed by atoms with Crippen LogP contribution in [0, 0.1) is 0 Å². The summed E-state index contributed by atoms with van der Waals surface area (Å²) in [7, 11) is 1.56. The van der Waals surface area contributed by atoms with E-state index in [1.54, 1.807) is 43.5 Å². The van der Waals surface area contributed by atoms with Crippen molar-refractivity contribution in [3.63, 3.8) is 0 Å². The van der Waals surface area contributed by atoms with E-state index in [2.05, 4.69) is 5.32 Å². The molecule has 1 unspecified atom stereocenters. The maximum absolute atomic E-state index is 12.2. The van der Waals surface area contributed by atoms with Crippen molar-refractivity contribution in [3.8, 4) is 5.75 Å². The number of amides is 1. The molecule has 2 N–H and O–H groups in total. The highest BCUT2D eigenvalue weighted by Crippen LogP contribution is 2.17. The lowest BCUT2D eigenvalue weighted by Crippen LogP contribution is -2.49. The minimum Gasteiger partial charge on any atom is -0.508 e. The van der Waals surface area contributed by atoms with Gasteiger partial charge in [-0.2, -0.15) is 0 Å². The lowest BCUT2D eigenvalue weighted by molar-refractivity contribution is -0.0180. The summed E-state index contributed by atoms with van der Waals surface area (Å²) in [6.07, 6.45) is 0.502. The molecule has 0 bridgehead atoms. The highest BCUT2D eigenvalue weighted by atomic mass is 16.5. The van der Waals surface area contributed by atoms with Crippen LogP contribution in [0.25, 0.3) is 0 Å². The molecule has 0 aliphatic heterocycles. The molecule has 0 saturated carbocycles. The third-order valence-corrected chi connectivity index (χ3v) is 3.34. The van der Waals surface area contributed by atoms with E-state index >= 15 is 0 Å². The number of methoxy groups -OCH3 is 1. The van der Waals surface area contributed by atoms with E-state index in [1.807, 2.05) is 25.1 Å². The molecular formula is C17H19NO3. The van der Waals surface area contributed by atoms with Gasteiger partial charge in [-0.1, -0.05) is 30.3 Å².